The molecule has 0 aromatic heterocycles. The van der Waals surface area contributed by atoms with Crippen LogP contribution in [0.4, 0.5) is 0 Å². The summed E-state index contributed by atoms with van der Waals surface area (Å²) in [5, 5.41) is 18.0. The van der Waals surface area contributed by atoms with E-state index >= 15 is 0 Å². The molecule has 2 aliphatic rings. The van der Waals surface area contributed by atoms with Crippen molar-refractivity contribution < 1.29 is 9.90 Å². The van der Waals surface area contributed by atoms with Crippen LogP contribution in [0.15, 0.2) is 12.2 Å². The van der Waals surface area contributed by atoms with Gasteiger partial charge in [0.05, 0.1) is 17.9 Å². The molecule has 1 N–H and O–H groups in total. The molecule has 3 heteroatoms. The Hall–Kier alpha value is -1.30. The summed E-state index contributed by atoms with van der Waals surface area (Å²) in [5.41, 5.74) is 0. The molecule has 0 heterocycles. The highest BCUT2D eigenvalue weighted by molar-refractivity contribution is 5.72. The van der Waals surface area contributed by atoms with Crippen LogP contribution in [0.1, 0.15) is 19.3 Å². The molecule has 14 heavy (non-hydrogen) atoms. The van der Waals surface area contributed by atoms with E-state index in [2.05, 4.69) is 6.07 Å². The van der Waals surface area contributed by atoms with E-state index in [1.54, 1.807) is 0 Å². The first-order valence-electron chi connectivity index (χ1n) is 5.03. The van der Waals surface area contributed by atoms with Crippen molar-refractivity contribution >= 4 is 5.97 Å². The van der Waals surface area contributed by atoms with Gasteiger partial charge in [0.2, 0.25) is 0 Å². The molecule has 1 saturated carbocycles. The van der Waals surface area contributed by atoms with Crippen molar-refractivity contribution in [2.45, 2.75) is 19.3 Å². The fourth-order valence-corrected chi connectivity index (χ4v) is 2.81. The van der Waals surface area contributed by atoms with Gasteiger partial charge >= 0.3 is 5.97 Å². The Labute approximate surface area is 83.0 Å². The van der Waals surface area contributed by atoms with Crippen LogP contribution >= 0.6 is 0 Å². The fraction of sp³-hybridized carbons (Fsp3) is 0.636. The zero-order valence-electron chi connectivity index (χ0n) is 7.89. The number of nitrogens with zero attached hydrogens (tertiary/aromatic N) is 1. The Morgan fingerprint density at radius 2 is 2.36 bits per heavy atom. The van der Waals surface area contributed by atoms with Crippen molar-refractivity contribution in [3.63, 3.8) is 0 Å². The average Bonchev–Trinajstić information content (AvgIpc) is 2.32. The van der Waals surface area contributed by atoms with E-state index in [4.69, 9.17) is 10.4 Å². The molecule has 0 aliphatic heterocycles. The molecule has 74 valence electrons. The van der Waals surface area contributed by atoms with Gasteiger partial charge in [-0.2, -0.15) is 5.26 Å². The summed E-state index contributed by atoms with van der Waals surface area (Å²) in [6.45, 7) is 0. The number of aliphatic carboxylic acids is 1. The molecule has 0 radical (unpaired) electrons. The summed E-state index contributed by atoms with van der Waals surface area (Å²) in [5.74, 6) is -0.984. The van der Waals surface area contributed by atoms with Crippen LogP contribution in [0, 0.1) is 35.0 Å². The first-order chi connectivity index (χ1) is 6.74. The van der Waals surface area contributed by atoms with Crippen LogP contribution in [-0.2, 0) is 4.79 Å². The summed E-state index contributed by atoms with van der Waals surface area (Å²) >= 11 is 0. The summed E-state index contributed by atoms with van der Waals surface area (Å²) in [4.78, 5) is 11.1. The highest BCUT2D eigenvalue weighted by atomic mass is 16.4. The molecule has 4 atom stereocenters. The number of rotatable bonds is 1. The molecule has 0 aromatic rings. The van der Waals surface area contributed by atoms with Gasteiger partial charge in [-0.25, -0.2) is 0 Å². The fourth-order valence-electron chi connectivity index (χ4n) is 2.81. The standard InChI is InChI=1S/C11H13NO2/c12-6-8-5-7-3-1-2-4-9(8)10(7)11(13)14/h2,4,7-10H,1,3,5H2,(H,13,14)/t7-,8+,9+,10-/m1/s1. The zero-order chi connectivity index (χ0) is 10.1. The molecule has 0 spiro atoms. The van der Waals surface area contributed by atoms with E-state index in [9.17, 15) is 4.79 Å². The van der Waals surface area contributed by atoms with Crippen LogP contribution < -0.4 is 0 Å². The quantitative estimate of drug-likeness (QED) is 0.643. The molecule has 3 nitrogen and oxygen atoms in total. The highest BCUT2D eigenvalue weighted by Gasteiger charge is 2.46. The summed E-state index contributed by atoms with van der Waals surface area (Å²) < 4.78 is 0. The van der Waals surface area contributed by atoms with Crippen LogP contribution in [0.2, 0.25) is 0 Å². The normalized spacial score (nSPS) is 40.2. The van der Waals surface area contributed by atoms with E-state index in [-0.39, 0.29) is 23.7 Å². The molecule has 2 aliphatic carbocycles. The van der Waals surface area contributed by atoms with Gasteiger partial charge in [-0.1, -0.05) is 12.2 Å². The Bertz CT molecular complexity index is 316. The maximum absolute atomic E-state index is 11.1. The summed E-state index contributed by atoms with van der Waals surface area (Å²) in [7, 11) is 0. The van der Waals surface area contributed by atoms with Crippen molar-refractivity contribution in [3.05, 3.63) is 12.2 Å². The predicted octanol–water partition coefficient (Wildman–Crippen LogP) is 1.81. The van der Waals surface area contributed by atoms with Gasteiger partial charge in [0, 0.05) is 5.92 Å². The Morgan fingerprint density at radius 3 is 3.00 bits per heavy atom. The number of hydrogen-bond acceptors (Lipinski definition) is 2. The molecule has 0 amide bonds. The second-order valence-corrected chi connectivity index (χ2v) is 4.18. The van der Waals surface area contributed by atoms with Crippen molar-refractivity contribution in [2.24, 2.45) is 23.7 Å². The van der Waals surface area contributed by atoms with Crippen LogP contribution in [0.5, 0.6) is 0 Å². The Kier molecular flexibility index (Phi) is 2.28. The third-order valence-electron chi connectivity index (χ3n) is 3.46. The zero-order valence-corrected chi connectivity index (χ0v) is 7.89. The van der Waals surface area contributed by atoms with Gasteiger partial charge in [-0.05, 0) is 25.2 Å². The lowest BCUT2D eigenvalue weighted by Crippen LogP contribution is -2.23. The van der Waals surface area contributed by atoms with Crippen molar-refractivity contribution in [1.82, 2.24) is 0 Å². The number of allylic oxidation sites excluding steroid dienone is 2. The number of fused-ring (bicyclic) bond motifs is 2. The second-order valence-electron chi connectivity index (χ2n) is 4.18. The molecule has 0 aromatic carbocycles. The van der Waals surface area contributed by atoms with E-state index in [0.717, 1.165) is 19.3 Å². The third kappa shape index (κ3) is 1.31. The van der Waals surface area contributed by atoms with Gasteiger partial charge < -0.3 is 5.11 Å². The third-order valence-corrected chi connectivity index (χ3v) is 3.46. The van der Waals surface area contributed by atoms with E-state index in [1.807, 2.05) is 12.2 Å². The minimum atomic E-state index is -0.732. The maximum Gasteiger partial charge on any atom is 0.307 e. The minimum absolute atomic E-state index is 0.0509. The van der Waals surface area contributed by atoms with Gasteiger partial charge in [0.1, 0.15) is 0 Å². The van der Waals surface area contributed by atoms with Crippen LogP contribution in [0.25, 0.3) is 0 Å². The first-order valence-corrected chi connectivity index (χ1v) is 5.03. The first kappa shape index (κ1) is 9.26. The van der Waals surface area contributed by atoms with E-state index in [1.165, 1.54) is 0 Å². The monoisotopic (exact) mass is 191 g/mol. The maximum atomic E-state index is 11.1. The highest BCUT2D eigenvalue weighted by Crippen LogP contribution is 2.46. The number of carbonyl (C=O) groups is 1. The molecule has 2 bridgehead atoms. The second kappa shape index (κ2) is 3.45. The van der Waals surface area contributed by atoms with E-state index in [0.29, 0.717) is 0 Å². The molecule has 2 rings (SSSR count). The molecule has 0 saturated heterocycles. The van der Waals surface area contributed by atoms with Crippen molar-refractivity contribution in [3.8, 4) is 6.07 Å². The van der Waals surface area contributed by atoms with Gasteiger partial charge in [-0.3, -0.25) is 4.79 Å². The number of hydrogen-bond donors (Lipinski definition) is 1. The molecular formula is C11H13NO2. The molecule has 1 fully saturated rings. The lowest BCUT2D eigenvalue weighted by atomic mass is 9.88. The number of nitriles is 1. The lowest BCUT2D eigenvalue weighted by Gasteiger charge is -2.15. The Balaban J connectivity index is 2.31. The molecular weight excluding hydrogens is 178 g/mol. The largest absolute Gasteiger partial charge is 0.481 e. The van der Waals surface area contributed by atoms with Crippen LogP contribution in [0.3, 0.4) is 0 Å². The topological polar surface area (TPSA) is 61.1 Å². The van der Waals surface area contributed by atoms with Crippen LogP contribution in [-0.4, -0.2) is 11.1 Å². The number of carboxylic acid groups (broad SMARTS) is 1. The van der Waals surface area contributed by atoms with Gasteiger partial charge in [-0.15, -0.1) is 0 Å². The number of carboxylic acids is 1. The SMILES string of the molecule is N#C[C@@H]1C[C@H]2CCC=C[C@@H]1[C@@H]2C(=O)O. The predicted molar refractivity (Wildman–Crippen MR) is 50.2 cm³/mol. The summed E-state index contributed by atoms with van der Waals surface area (Å²) in [6.07, 6.45) is 6.62. The van der Waals surface area contributed by atoms with Crippen molar-refractivity contribution in [1.29, 1.82) is 5.26 Å². The van der Waals surface area contributed by atoms with Gasteiger partial charge in [0.15, 0.2) is 0 Å². The molecule has 0 unspecified atom stereocenters. The average molecular weight is 191 g/mol. The minimum Gasteiger partial charge on any atom is -0.481 e. The van der Waals surface area contributed by atoms with Gasteiger partial charge in [0.25, 0.3) is 0 Å². The van der Waals surface area contributed by atoms with Crippen molar-refractivity contribution in [2.75, 3.05) is 0 Å². The lowest BCUT2D eigenvalue weighted by molar-refractivity contribution is -0.144. The summed E-state index contributed by atoms with van der Waals surface area (Å²) in [6, 6.07) is 2.23. The smallest absolute Gasteiger partial charge is 0.307 e. The Morgan fingerprint density at radius 1 is 1.57 bits per heavy atom. The van der Waals surface area contributed by atoms with E-state index < -0.39 is 5.97 Å².